The molecule has 1 aromatic carbocycles. The number of aryl methyl sites for hydroxylation is 3. The maximum atomic E-state index is 12.0. The Labute approximate surface area is 146 Å². The van der Waals surface area contributed by atoms with E-state index < -0.39 is 0 Å². The molecule has 2 aromatic heterocycles. The summed E-state index contributed by atoms with van der Waals surface area (Å²) in [7, 11) is 0. The van der Waals surface area contributed by atoms with E-state index in [4.69, 9.17) is 5.73 Å². The molecule has 0 atom stereocenters. The largest absolute Gasteiger partial charge is 0.382 e. The van der Waals surface area contributed by atoms with E-state index in [0.29, 0.717) is 24.4 Å². The van der Waals surface area contributed by atoms with Gasteiger partial charge in [-0.1, -0.05) is 18.2 Å². The zero-order valence-electron chi connectivity index (χ0n) is 14.6. The van der Waals surface area contributed by atoms with Crippen molar-refractivity contribution in [3.63, 3.8) is 0 Å². The van der Waals surface area contributed by atoms with Gasteiger partial charge in [0.1, 0.15) is 11.3 Å². The number of urea groups is 1. The zero-order chi connectivity index (χ0) is 18.0. The van der Waals surface area contributed by atoms with Crippen molar-refractivity contribution in [1.29, 1.82) is 0 Å². The highest BCUT2D eigenvalue weighted by atomic mass is 16.2. The third-order valence-corrected chi connectivity index (χ3v) is 4.24. The Hall–Kier alpha value is -3.09. The number of rotatable bonds is 4. The number of carbonyl (C=O) groups is 1. The number of benzene rings is 1. The van der Waals surface area contributed by atoms with Gasteiger partial charge < -0.3 is 20.9 Å². The van der Waals surface area contributed by atoms with Gasteiger partial charge in [-0.05, 0) is 38.5 Å². The summed E-state index contributed by atoms with van der Waals surface area (Å²) in [5.41, 5.74) is 10.4. The van der Waals surface area contributed by atoms with Crippen LogP contribution in [0.15, 0.2) is 30.3 Å². The number of carbonyl (C=O) groups excluding carboxylic acids is 1. The van der Waals surface area contributed by atoms with Crippen LogP contribution in [0.25, 0.3) is 11.0 Å². The number of imidazole rings is 1. The Kier molecular flexibility index (Phi) is 4.56. The molecule has 0 aliphatic heterocycles. The Morgan fingerprint density at radius 1 is 1.16 bits per heavy atom. The number of pyridine rings is 1. The molecule has 0 fully saturated rings. The number of aromatic nitrogens is 3. The van der Waals surface area contributed by atoms with E-state index in [1.165, 1.54) is 0 Å². The van der Waals surface area contributed by atoms with Gasteiger partial charge in [0.05, 0.1) is 5.52 Å². The average molecular weight is 338 g/mol. The maximum absolute atomic E-state index is 12.0. The van der Waals surface area contributed by atoms with Crippen molar-refractivity contribution >= 4 is 28.6 Å². The molecule has 25 heavy (non-hydrogen) atoms. The minimum absolute atomic E-state index is 0.234. The molecule has 2 heterocycles. The lowest BCUT2D eigenvalue weighted by Crippen LogP contribution is -2.31. The monoisotopic (exact) mass is 338 g/mol. The summed E-state index contributed by atoms with van der Waals surface area (Å²) in [6.07, 6.45) is 0. The molecule has 3 rings (SSSR count). The van der Waals surface area contributed by atoms with Crippen molar-refractivity contribution < 1.29 is 4.79 Å². The first kappa shape index (κ1) is 16.8. The normalized spacial score (nSPS) is 10.8. The first-order chi connectivity index (χ1) is 12.0. The van der Waals surface area contributed by atoms with Gasteiger partial charge in [0.15, 0.2) is 5.82 Å². The van der Waals surface area contributed by atoms with E-state index in [9.17, 15) is 4.79 Å². The van der Waals surface area contributed by atoms with E-state index in [1.54, 1.807) is 0 Å². The van der Waals surface area contributed by atoms with Gasteiger partial charge in [0.25, 0.3) is 0 Å². The minimum Gasteiger partial charge on any atom is -0.382 e. The molecule has 3 aromatic rings. The predicted octanol–water partition coefficient (Wildman–Crippen LogP) is 2.76. The van der Waals surface area contributed by atoms with Crippen LogP contribution < -0.4 is 16.4 Å². The maximum Gasteiger partial charge on any atom is 0.319 e. The first-order valence-electron chi connectivity index (χ1n) is 8.16. The second-order valence-corrected chi connectivity index (χ2v) is 5.96. The average Bonchev–Trinajstić information content (AvgIpc) is 2.91. The van der Waals surface area contributed by atoms with E-state index in [2.05, 4.69) is 25.2 Å². The molecule has 0 radical (unpaired) electrons. The number of nitrogens with one attached hydrogen (secondary N) is 2. The fourth-order valence-electron chi connectivity index (χ4n) is 2.86. The Bertz CT molecular complexity index is 916. The van der Waals surface area contributed by atoms with E-state index >= 15 is 0 Å². The number of hydrogen-bond acceptors (Lipinski definition) is 4. The summed E-state index contributed by atoms with van der Waals surface area (Å²) >= 11 is 0. The van der Waals surface area contributed by atoms with Crippen LogP contribution >= 0.6 is 0 Å². The van der Waals surface area contributed by atoms with Crippen molar-refractivity contribution in [1.82, 2.24) is 19.9 Å². The summed E-state index contributed by atoms with van der Waals surface area (Å²) in [5, 5.41) is 5.66. The lowest BCUT2D eigenvalue weighted by atomic mass is 10.2. The summed E-state index contributed by atoms with van der Waals surface area (Å²) in [5.74, 6) is 1.29. The van der Waals surface area contributed by atoms with Gasteiger partial charge in [-0.3, -0.25) is 0 Å². The standard InChI is InChI=1S/C18H22N6O/c1-11-12(2)21-17(19)15-16(11)24(13(3)22-15)10-9-20-18(25)23-14-7-5-4-6-8-14/h4-8H,9-10H2,1-3H3,(H2,19,21)(H2,20,23,25). The first-order valence-corrected chi connectivity index (χ1v) is 8.16. The number of fused-ring (bicyclic) bond motifs is 1. The smallest absolute Gasteiger partial charge is 0.319 e. The second kappa shape index (κ2) is 6.80. The highest BCUT2D eigenvalue weighted by molar-refractivity contribution is 5.89. The molecule has 7 nitrogen and oxygen atoms in total. The van der Waals surface area contributed by atoms with Crippen LogP contribution in [0, 0.1) is 20.8 Å². The third-order valence-electron chi connectivity index (χ3n) is 4.24. The molecule has 130 valence electrons. The lowest BCUT2D eigenvalue weighted by Gasteiger charge is -2.12. The fraction of sp³-hybridized carbons (Fsp3) is 0.278. The van der Waals surface area contributed by atoms with Crippen LogP contribution in [0.4, 0.5) is 16.3 Å². The Balaban J connectivity index is 1.71. The number of para-hydroxylation sites is 1. The quantitative estimate of drug-likeness (QED) is 0.681. The third kappa shape index (κ3) is 3.40. The van der Waals surface area contributed by atoms with Crippen LogP contribution in [0.2, 0.25) is 0 Å². The molecule has 7 heteroatoms. The van der Waals surface area contributed by atoms with Crippen molar-refractivity contribution in [2.45, 2.75) is 27.3 Å². The molecule has 0 saturated carbocycles. The van der Waals surface area contributed by atoms with Crippen LogP contribution in [-0.4, -0.2) is 27.1 Å². The van der Waals surface area contributed by atoms with Crippen molar-refractivity contribution in [2.75, 3.05) is 17.6 Å². The predicted molar refractivity (Wildman–Crippen MR) is 99.6 cm³/mol. The topological polar surface area (TPSA) is 97.9 Å². The van der Waals surface area contributed by atoms with Gasteiger partial charge in [0, 0.05) is 24.5 Å². The Morgan fingerprint density at radius 2 is 1.88 bits per heavy atom. The molecule has 0 saturated heterocycles. The number of nitrogens with two attached hydrogens (primary N) is 1. The Morgan fingerprint density at radius 3 is 2.60 bits per heavy atom. The number of hydrogen-bond donors (Lipinski definition) is 3. The molecule has 0 unspecified atom stereocenters. The molecule has 4 N–H and O–H groups in total. The number of nitrogen functional groups attached to an aromatic ring is 1. The van der Waals surface area contributed by atoms with Crippen LogP contribution in [0.3, 0.4) is 0 Å². The molecule has 0 bridgehead atoms. The molecular weight excluding hydrogens is 316 g/mol. The van der Waals surface area contributed by atoms with Gasteiger partial charge in [0.2, 0.25) is 0 Å². The van der Waals surface area contributed by atoms with Crippen LogP contribution in [0.5, 0.6) is 0 Å². The molecule has 0 aliphatic carbocycles. The summed E-state index contributed by atoms with van der Waals surface area (Å²) in [6.45, 7) is 6.96. The van der Waals surface area contributed by atoms with Crippen molar-refractivity contribution in [3.8, 4) is 0 Å². The fourth-order valence-corrected chi connectivity index (χ4v) is 2.86. The van der Waals surface area contributed by atoms with Crippen molar-refractivity contribution in [2.24, 2.45) is 0 Å². The van der Waals surface area contributed by atoms with E-state index in [1.807, 2.05) is 51.1 Å². The van der Waals surface area contributed by atoms with E-state index in [-0.39, 0.29) is 6.03 Å². The second-order valence-electron chi connectivity index (χ2n) is 5.96. The summed E-state index contributed by atoms with van der Waals surface area (Å²) in [6, 6.07) is 9.10. The number of nitrogens with zero attached hydrogens (tertiary/aromatic N) is 3. The zero-order valence-corrected chi connectivity index (χ0v) is 14.6. The van der Waals surface area contributed by atoms with Crippen LogP contribution in [-0.2, 0) is 6.54 Å². The highest BCUT2D eigenvalue weighted by Crippen LogP contribution is 2.25. The minimum atomic E-state index is -0.234. The lowest BCUT2D eigenvalue weighted by molar-refractivity contribution is 0.251. The van der Waals surface area contributed by atoms with E-state index in [0.717, 1.165) is 28.3 Å². The van der Waals surface area contributed by atoms with Gasteiger partial charge in [-0.25, -0.2) is 14.8 Å². The number of anilines is 2. The van der Waals surface area contributed by atoms with Gasteiger partial charge in [-0.15, -0.1) is 0 Å². The van der Waals surface area contributed by atoms with Crippen molar-refractivity contribution in [3.05, 3.63) is 47.4 Å². The summed E-state index contributed by atoms with van der Waals surface area (Å²) in [4.78, 5) is 20.8. The van der Waals surface area contributed by atoms with Gasteiger partial charge in [-0.2, -0.15) is 0 Å². The molecule has 0 spiro atoms. The molecule has 2 amide bonds. The molecule has 0 aliphatic rings. The SMILES string of the molecule is Cc1nc(N)c2nc(C)n(CCNC(=O)Nc3ccccc3)c2c1C. The van der Waals surface area contributed by atoms with Crippen LogP contribution in [0.1, 0.15) is 17.1 Å². The number of amides is 2. The summed E-state index contributed by atoms with van der Waals surface area (Å²) < 4.78 is 2.07. The highest BCUT2D eigenvalue weighted by Gasteiger charge is 2.15. The van der Waals surface area contributed by atoms with Gasteiger partial charge >= 0.3 is 6.03 Å². The molecular formula is C18H22N6O.